The van der Waals surface area contributed by atoms with Crippen LogP contribution in [0.3, 0.4) is 0 Å². The van der Waals surface area contributed by atoms with Gasteiger partial charge in [-0.25, -0.2) is 0 Å². The van der Waals surface area contributed by atoms with Crippen molar-refractivity contribution in [1.82, 2.24) is 9.13 Å². The van der Waals surface area contributed by atoms with E-state index in [2.05, 4.69) is 300 Å². The zero-order valence-electron chi connectivity index (χ0n) is 41.6. The Morgan fingerprint density at radius 1 is 0.184 bits per heavy atom. The molecule has 15 rings (SSSR count). The average Bonchev–Trinajstić information content (AvgIpc) is 4.18. The molecule has 0 bridgehead atoms. The van der Waals surface area contributed by atoms with Gasteiger partial charge >= 0.3 is 0 Å². The first-order valence-electron chi connectivity index (χ1n) is 26.2. The molecular formula is C74H48N2. The van der Waals surface area contributed by atoms with Crippen molar-refractivity contribution in [2.75, 3.05) is 0 Å². The Hall–Kier alpha value is -10.0. The van der Waals surface area contributed by atoms with Crippen molar-refractivity contribution in [2.45, 2.75) is 0 Å². The van der Waals surface area contributed by atoms with Gasteiger partial charge in [0.25, 0.3) is 0 Å². The van der Waals surface area contributed by atoms with Crippen molar-refractivity contribution in [3.63, 3.8) is 0 Å². The molecule has 354 valence electrons. The lowest BCUT2D eigenvalue weighted by molar-refractivity contribution is 1.10. The molecule has 0 fully saturated rings. The van der Waals surface area contributed by atoms with Gasteiger partial charge in [0.05, 0.1) is 22.8 Å². The first kappa shape index (κ1) is 43.6. The number of rotatable bonds is 8. The topological polar surface area (TPSA) is 9.86 Å². The zero-order valence-corrected chi connectivity index (χ0v) is 41.6. The highest BCUT2D eigenvalue weighted by Gasteiger charge is 2.25. The Labute approximate surface area is 441 Å². The molecular weight excluding hydrogens is 917 g/mol. The van der Waals surface area contributed by atoms with Crippen molar-refractivity contribution in [3.05, 3.63) is 291 Å². The quantitative estimate of drug-likeness (QED) is 0.106. The van der Waals surface area contributed by atoms with Crippen molar-refractivity contribution in [3.8, 4) is 78.7 Å². The Morgan fingerprint density at radius 2 is 0.474 bits per heavy atom. The Bertz CT molecular complexity index is 4300. The average molecular weight is 965 g/mol. The summed E-state index contributed by atoms with van der Waals surface area (Å²) in [6.45, 7) is 0. The predicted molar refractivity (Wildman–Crippen MR) is 323 cm³/mol. The largest absolute Gasteiger partial charge is 0.309 e. The summed E-state index contributed by atoms with van der Waals surface area (Å²) in [5.41, 5.74) is 16.2. The Kier molecular flexibility index (Phi) is 10.2. The second kappa shape index (κ2) is 17.9. The van der Waals surface area contributed by atoms with Crippen LogP contribution in [0.2, 0.25) is 0 Å². The van der Waals surface area contributed by atoms with Gasteiger partial charge in [0.1, 0.15) is 0 Å². The van der Waals surface area contributed by atoms with Crippen molar-refractivity contribution in [2.24, 2.45) is 0 Å². The molecule has 0 atom stereocenters. The minimum atomic E-state index is 1.10. The van der Waals surface area contributed by atoms with E-state index < -0.39 is 0 Å². The maximum Gasteiger partial charge on any atom is 0.0535 e. The molecule has 13 aromatic carbocycles. The molecule has 0 spiro atoms. The maximum atomic E-state index is 2.49. The van der Waals surface area contributed by atoms with Gasteiger partial charge in [0.15, 0.2) is 0 Å². The van der Waals surface area contributed by atoms with E-state index in [9.17, 15) is 0 Å². The van der Waals surface area contributed by atoms with Crippen LogP contribution in [0.25, 0.3) is 143 Å². The number of nitrogens with zero attached hydrogens (tertiary/aromatic N) is 2. The molecule has 76 heavy (non-hydrogen) atoms. The van der Waals surface area contributed by atoms with E-state index in [1.165, 1.54) is 86.9 Å². The highest BCUT2D eigenvalue weighted by Crippen LogP contribution is 2.50. The van der Waals surface area contributed by atoms with Crippen LogP contribution >= 0.6 is 0 Å². The monoisotopic (exact) mass is 964 g/mol. The van der Waals surface area contributed by atoms with E-state index in [0.29, 0.717) is 0 Å². The minimum absolute atomic E-state index is 1.10. The van der Waals surface area contributed by atoms with Crippen molar-refractivity contribution in [1.29, 1.82) is 0 Å². The third-order valence-corrected chi connectivity index (χ3v) is 15.7. The van der Waals surface area contributed by atoms with Gasteiger partial charge in [-0.2, -0.15) is 0 Å². The lowest BCUT2D eigenvalue weighted by Crippen LogP contribution is -2.02. The molecule has 0 aliphatic carbocycles. The van der Waals surface area contributed by atoms with Crippen LogP contribution < -0.4 is 0 Å². The lowest BCUT2D eigenvalue weighted by Gasteiger charge is -2.23. The molecule has 0 aliphatic rings. The van der Waals surface area contributed by atoms with Crippen LogP contribution in [0, 0.1) is 0 Å². The molecule has 0 unspecified atom stereocenters. The molecule has 2 heterocycles. The molecule has 0 amide bonds. The summed E-state index contributed by atoms with van der Waals surface area (Å²) >= 11 is 0. The molecule has 2 heteroatoms. The fraction of sp³-hybridized carbons (Fsp3) is 0. The van der Waals surface area contributed by atoms with E-state index in [0.717, 1.165) is 56.4 Å². The molecule has 2 nitrogen and oxygen atoms in total. The van der Waals surface area contributed by atoms with Crippen molar-refractivity contribution < 1.29 is 0 Å². The van der Waals surface area contributed by atoms with Crippen molar-refractivity contribution >= 4 is 64.6 Å². The summed E-state index contributed by atoms with van der Waals surface area (Å²) in [6, 6.07) is 108. The predicted octanol–water partition coefficient (Wildman–Crippen LogP) is 20.2. The van der Waals surface area contributed by atoms with Gasteiger partial charge in [0.2, 0.25) is 0 Å². The van der Waals surface area contributed by atoms with Gasteiger partial charge in [0, 0.05) is 11.4 Å². The summed E-state index contributed by atoms with van der Waals surface area (Å²) < 4.78 is 4.93. The Morgan fingerprint density at radius 3 is 0.816 bits per heavy atom. The van der Waals surface area contributed by atoms with Gasteiger partial charge in [-0.15, -0.1) is 0 Å². The van der Waals surface area contributed by atoms with Crippen LogP contribution in [0.1, 0.15) is 0 Å². The minimum Gasteiger partial charge on any atom is -0.309 e. The summed E-state index contributed by atoms with van der Waals surface area (Å²) in [7, 11) is 0. The van der Waals surface area contributed by atoms with Gasteiger partial charge in [-0.05, 0) is 170 Å². The molecule has 0 aliphatic heterocycles. The summed E-state index contributed by atoms with van der Waals surface area (Å²) in [5.74, 6) is 0. The molecule has 0 radical (unpaired) electrons. The van der Waals surface area contributed by atoms with E-state index in [-0.39, 0.29) is 0 Å². The third-order valence-electron chi connectivity index (χ3n) is 15.7. The van der Waals surface area contributed by atoms with E-state index >= 15 is 0 Å². The maximum absolute atomic E-state index is 2.49. The van der Waals surface area contributed by atoms with Crippen LogP contribution in [-0.2, 0) is 0 Å². The molecule has 15 aromatic rings. The van der Waals surface area contributed by atoms with Crippen LogP contribution in [0.15, 0.2) is 291 Å². The molecule has 0 N–H and O–H groups in total. The number of fused-ring (bicyclic) bond motifs is 8. The summed E-state index contributed by atoms with van der Waals surface area (Å²) in [5, 5.41) is 14.6. The van der Waals surface area contributed by atoms with E-state index in [1.54, 1.807) is 0 Å². The van der Waals surface area contributed by atoms with Crippen LogP contribution in [0.5, 0.6) is 0 Å². The van der Waals surface area contributed by atoms with E-state index in [4.69, 9.17) is 0 Å². The first-order chi connectivity index (χ1) is 37.7. The second-order valence-electron chi connectivity index (χ2n) is 19.9. The van der Waals surface area contributed by atoms with Gasteiger partial charge < -0.3 is 9.13 Å². The smallest absolute Gasteiger partial charge is 0.0535 e. The van der Waals surface area contributed by atoms with Gasteiger partial charge in [-0.3, -0.25) is 0 Å². The fourth-order valence-electron chi connectivity index (χ4n) is 12.4. The number of aromatic nitrogens is 2. The summed E-state index contributed by atoms with van der Waals surface area (Å²) in [6.07, 6.45) is 0. The second-order valence-corrected chi connectivity index (χ2v) is 19.9. The zero-order chi connectivity index (χ0) is 50.1. The first-order valence-corrected chi connectivity index (χ1v) is 26.2. The van der Waals surface area contributed by atoms with Crippen LogP contribution in [0.4, 0.5) is 0 Å². The SMILES string of the molecule is c1ccc(-c2ccc(-c3ccccc3)n2-c2ccc3c(-c4cc5ccccc5c5ccccc45)c4cc(-n5c(-c6ccccc6)ccc5-c5ccccc5)ccc4c(-c4cc5ccccc5c5ccccc45)c3c2)cc1. The number of hydrogen-bond donors (Lipinski definition) is 0. The normalized spacial score (nSPS) is 11.7. The van der Waals surface area contributed by atoms with Crippen LogP contribution in [-0.4, -0.2) is 9.13 Å². The molecule has 0 saturated carbocycles. The standard InChI is InChI=1S/C74H48N2/c1-5-21-49(22-6-1)69-41-42-70(50-23-7-2-8-24-50)75(69)55-37-39-63-67(47-55)73(65-45-53-29-13-15-31-57(53)59-33-17-19-35-61(59)65)64-40-38-56(76-71(51-25-9-3-10-26-51)43-44-72(76)52-27-11-4-12-28-52)48-68(64)74(63)66-46-54-30-14-16-32-58(54)60-34-18-20-36-62(60)66/h1-48H. The highest BCUT2D eigenvalue weighted by molar-refractivity contribution is 6.29. The molecule has 0 saturated heterocycles. The number of hydrogen-bond acceptors (Lipinski definition) is 0. The number of benzene rings is 13. The fourth-order valence-corrected chi connectivity index (χ4v) is 12.4. The highest BCUT2D eigenvalue weighted by atomic mass is 15.0. The van der Waals surface area contributed by atoms with E-state index in [1.807, 2.05) is 0 Å². The Balaban J connectivity index is 1.14. The third kappa shape index (κ3) is 7.03. The summed E-state index contributed by atoms with van der Waals surface area (Å²) in [4.78, 5) is 0. The lowest BCUT2D eigenvalue weighted by atomic mass is 9.82. The van der Waals surface area contributed by atoms with Gasteiger partial charge in [-0.1, -0.05) is 231 Å². The molecule has 2 aromatic heterocycles.